The van der Waals surface area contributed by atoms with Crippen molar-refractivity contribution in [3.05, 3.63) is 30.3 Å². The summed E-state index contributed by atoms with van der Waals surface area (Å²) in [6.45, 7) is 2.26. The van der Waals surface area contributed by atoms with Crippen molar-refractivity contribution >= 4 is 9.04 Å². The Morgan fingerprint density at radius 1 is 0.864 bits per heavy atom. The Bertz CT molecular complexity index is 378. The zero-order valence-electron chi connectivity index (χ0n) is 14.2. The summed E-state index contributed by atoms with van der Waals surface area (Å²) >= 11 is -1.63. The molecule has 1 rings (SSSR count). The molecular formula is C19H30HgO2. The van der Waals surface area contributed by atoms with Crippen LogP contribution in [-0.4, -0.2) is 5.97 Å². The standard InChI is InChI=1S/C13H26O2.C6H5.Hg/c1-2-3-4-5-6-7-8-9-10-11-12-13(14)15;1-2-4-6-5-3-1;/h2-12H2,1H3,(H,14,15);1-5H;/q;;+1/p-1. The molecule has 0 bridgehead atoms. The number of carbonyl (C=O) groups excluding carboxylic acids is 1. The Morgan fingerprint density at radius 2 is 1.41 bits per heavy atom. The van der Waals surface area contributed by atoms with Crippen molar-refractivity contribution in [1.29, 1.82) is 0 Å². The van der Waals surface area contributed by atoms with Crippen LogP contribution < -0.4 is 3.07 Å². The van der Waals surface area contributed by atoms with Gasteiger partial charge in [0.05, 0.1) is 0 Å². The van der Waals surface area contributed by atoms with Crippen molar-refractivity contribution in [1.82, 2.24) is 0 Å². The SMILES string of the molecule is CCCCCCCCCCCCC(=O)[O][Hg][c]1ccccc1. The minimum absolute atomic E-state index is 0.0325. The van der Waals surface area contributed by atoms with Crippen molar-refractivity contribution in [3.8, 4) is 0 Å². The average molecular weight is 491 g/mol. The Hall–Kier alpha value is -0.375. The van der Waals surface area contributed by atoms with Crippen LogP contribution in [0, 0.1) is 0 Å². The van der Waals surface area contributed by atoms with E-state index in [9.17, 15) is 4.79 Å². The van der Waals surface area contributed by atoms with Gasteiger partial charge in [-0.3, -0.25) is 0 Å². The average Bonchev–Trinajstić information content (AvgIpc) is 2.55. The van der Waals surface area contributed by atoms with Crippen LogP contribution >= 0.6 is 0 Å². The normalized spacial score (nSPS) is 10.2. The molecular weight excluding hydrogens is 461 g/mol. The molecule has 0 aromatic heterocycles. The monoisotopic (exact) mass is 492 g/mol. The molecule has 0 heterocycles. The summed E-state index contributed by atoms with van der Waals surface area (Å²) in [5.41, 5.74) is 0. The van der Waals surface area contributed by atoms with Crippen LogP contribution in [0.1, 0.15) is 77.6 Å². The molecule has 0 fully saturated rings. The molecule has 0 N–H and O–H groups in total. The van der Waals surface area contributed by atoms with Gasteiger partial charge in [-0.2, -0.15) is 0 Å². The first-order valence-electron chi connectivity index (χ1n) is 9.02. The predicted molar refractivity (Wildman–Crippen MR) is 88.6 cm³/mol. The summed E-state index contributed by atoms with van der Waals surface area (Å²) in [7, 11) is 0. The molecule has 0 radical (unpaired) electrons. The zero-order chi connectivity index (χ0) is 15.9. The van der Waals surface area contributed by atoms with E-state index in [-0.39, 0.29) is 5.97 Å². The van der Waals surface area contributed by atoms with E-state index < -0.39 is 25.0 Å². The molecule has 0 atom stereocenters. The van der Waals surface area contributed by atoms with Gasteiger partial charge in [0.2, 0.25) is 0 Å². The second-order valence-electron chi connectivity index (χ2n) is 6.08. The van der Waals surface area contributed by atoms with Crippen molar-refractivity contribution in [2.24, 2.45) is 0 Å². The van der Waals surface area contributed by atoms with Crippen molar-refractivity contribution in [3.63, 3.8) is 0 Å². The quantitative estimate of drug-likeness (QED) is 0.282. The van der Waals surface area contributed by atoms with Gasteiger partial charge in [-0.25, -0.2) is 0 Å². The van der Waals surface area contributed by atoms with Gasteiger partial charge in [0.25, 0.3) is 0 Å². The maximum absolute atomic E-state index is 11.7. The third-order valence-corrected chi connectivity index (χ3v) is 8.92. The van der Waals surface area contributed by atoms with Crippen molar-refractivity contribution in [2.45, 2.75) is 77.6 Å². The molecule has 0 aliphatic rings. The molecule has 0 aliphatic heterocycles. The Labute approximate surface area is 149 Å². The fraction of sp³-hybridized carbons (Fsp3) is 0.632. The fourth-order valence-corrected chi connectivity index (χ4v) is 6.21. The van der Waals surface area contributed by atoms with E-state index in [4.69, 9.17) is 2.64 Å². The number of benzene rings is 1. The van der Waals surface area contributed by atoms with Gasteiger partial charge < -0.3 is 0 Å². The molecule has 3 heteroatoms. The number of hydrogen-bond donors (Lipinski definition) is 0. The molecule has 2 nitrogen and oxygen atoms in total. The molecule has 22 heavy (non-hydrogen) atoms. The summed E-state index contributed by atoms with van der Waals surface area (Å²) in [5.74, 6) is 0.0325. The third-order valence-electron chi connectivity index (χ3n) is 3.98. The van der Waals surface area contributed by atoms with Crippen LogP contribution in [0.4, 0.5) is 0 Å². The van der Waals surface area contributed by atoms with Crippen molar-refractivity contribution < 1.29 is 32.5 Å². The van der Waals surface area contributed by atoms with Gasteiger partial charge >= 0.3 is 136 Å². The fourth-order valence-electron chi connectivity index (χ4n) is 2.57. The van der Waals surface area contributed by atoms with E-state index in [0.29, 0.717) is 6.42 Å². The summed E-state index contributed by atoms with van der Waals surface area (Å²) in [6.07, 6.45) is 13.6. The third kappa shape index (κ3) is 11.2. The minimum atomic E-state index is -1.63. The first kappa shape index (κ1) is 19.7. The van der Waals surface area contributed by atoms with E-state index in [1.165, 1.54) is 60.9 Å². The maximum atomic E-state index is 11.7. The summed E-state index contributed by atoms with van der Waals surface area (Å²) in [6, 6.07) is 10.2. The summed E-state index contributed by atoms with van der Waals surface area (Å²) in [4.78, 5) is 11.7. The van der Waals surface area contributed by atoms with E-state index >= 15 is 0 Å². The summed E-state index contributed by atoms with van der Waals surface area (Å²) in [5, 5.41) is 0. The number of rotatable bonds is 13. The van der Waals surface area contributed by atoms with Gasteiger partial charge in [-0.05, 0) is 0 Å². The van der Waals surface area contributed by atoms with Crippen LogP contribution in [0.25, 0.3) is 0 Å². The van der Waals surface area contributed by atoms with Gasteiger partial charge in [0.15, 0.2) is 0 Å². The molecule has 1 aromatic rings. The molecule has 0 aliphatic carbocycles. The first-order valence-corrected chi connectivity index (χ1v) is 14.0. The van der Waals surface area contributed by atoms with Crippen LogP contribution in [0.15, 0.2) is 30.3 Å². The molecule has 120 valence electrons. The molecule has 0 saturated heterocycles. The molecule has 0 unspecified atom stereocenters. The van der Waals surface area contributed by atoms with E-state index in [2.05, 4.69) is 19.1 Å². The van der Waals surface area contributed by atoms with Crippen LogP contribution in [0.2, 0.25) is 0 Å². The number of hydrogen-bond acceptors (Lipinski definition) is 2. The molecule has 0 saturated carbocycles. The predicted octanol–water partition coefficient (Wildman–Crippen LogP) is 5.16. The number of carbonyl (C=O) groups is 1. The van der Waals surface area contributed by atoms with Gasteiger partial charge in [-0.1, -0.05) is 13.3 Å². The van der Waals surface area contributed by atoms with Crippen LogP contribution in [0.5, 0.6) is 0 Å². The van der Waals surface area contributed by atoms with Crippen LogP contribution in [0.3, 0.4) is 0 Å². The first-order chi connectivity index (χ1) is 10.8. The Morgan fingerprint density at radius 3 is 2.00 bits per heavy atom. The van der Waals surface area contributed by atoms with Crippen molar-refractivity contribution in [2.75, 3.05) is 0 Å². The Kier molecular flexibility index (Phi) is 12.7. The van der Waals surface area contributed by atoms with E-state index in [0.717, 1.165) is 6.42 Å². The molecule has 0 amide bonds. The van der Waals surface area contributed by atoms with Crippen LogP contribution in [-0.2, 0) is 32.5 Å². The second-order valence-corrected chi connectivity index (χ2v) is 11.5. The van der Waals surface area contributed by atoms with E-state index in [1.807, 2.05) is 18.2 Å². The van der Waals surface area contributed by atoms with Gasteiger partial charge in [0, 0.05) is 0 Å². The zero-order valence-corrected chi connectivity index (χ0v) is 19.7. The summed E-state index contributed by atoms with van der Waals surface area (Å²) < 4.78 is 6.77. The Balaban J connectivity index is 1.87. The van der Waals surface area contributed by atoms with Gasteiger partial charge in [0.1, 0.15) is 0 Å². The van der Waals surface area contributed by atoms with E-state index in [1.54, 1.807) is 0 Å². The topological polar surface area (TPSA) is 26.3 Å². The van der Waals surface area contributed by atoms with Gasteiger partial charge in [-0.15, -0.1) is 0 Å². The second kappa shape index (κ2) is 14.2. The molecule has 0 spiro atoms. The number of unbranched alkanes of at least 4 members (excludes halogenated alkanes) is 9. The molecule has 1 aromatic carbocycles.